The van der Waals surface area contributed by atoms with Crippen LogP contribution in [0.3, 0.4) is 0 Å². The normalized spacial score (nSPS) is 10.4. The van der Waals surface area contributed by atoms with Gasteiger partial charge in [-0.05, 0) is 29.8 Å². The molecule has 3 aromatic rings. The molecule has 0 spiro atoms. The maximum atomic E-state index is 11.3. The van der Waals surface area contributed by atoms with Gasteiger partial charge in [0.25, 0.3) is 0 Å². The summed E-state index contributed by atoms with van der Waals surface area (Å²) in [5.41, 5.74) is 2.52. The van der Waals surface area contributed by atoms with Gasteiger partial charge < -0.3 is 10.4 Å². The zero-order chi connectivity index (χ0) is 17.1. The number of carbonyl (C=O) groups is 1. The van der Waals surface area contributed by atoms with E-state index in [0.717, 1.165) is 11.1 Å². The number of para-hydroxylation sites is 1. The van der Waals surface area contributed by atoms with Crippen molar-refractivity contribution in [2.45, 2.75) is 0 Å². The zero-order valence-corrected chi connectivity index (χ0v) is 13.7. The number of anilines is 2. The van der Waals surface area contributed by atoms with Gasteiger partial charge in [0.2, 0.25) is 0 Å². The third-order valence-electron chi connectivity index (χ3n) is 3.35. The predicted molar refractivity (Wildman–Crippen MR) is 94.2 cm³/mol. The van der Waals surface area contributed by atoms with Crippen LogP contribution in [-0.2, 0) is 0 Å². The molecule has 1 heterocycles. The molecule has 5 nitrogen and oxygen atoms in total. The van der Waals surface area contributed by atoms with Gasteiger partial charge in [-0.3, -0.25) is 0 Å². The lowest BCUT2D eigenvalue weighted by Crippen LogP contribution is -2.03. The van der Waals surface area contributed by atoms with Crippen LogP contribution in [0.2, 0.25) is 10.0 Å². The maximum absolute atomic E-state index is 11.3. The first-order chi connectivity index (χ1) is 11.6. The number of halogens is 2. The lowest BCUT2D eigenvalue weighted by atomic mass is 10.1. The Morgan fingerprint density at radius 1 is 1.00 bits per heavy atom. The van der Waals surface area contributed by atoms with Crippen LogP contribution >= 0.6 is 23.2 Å². The first-order valence-corrected chi connectivity index (χ1v) is 7.65. The molecule has 0 bridgehead atoms. The molecule has 0 aliphatic carbocycles. The van der Waals surface area contributed by atoms with Crippen LogP contribution in [0.1, 0.15) is 10.4 Å². The number of hydrogen-bond acceptors (Lipinski definition) is 4. The van der Waals surface area contributed by atoms with Gasteiger partial charge in [-0.15, -0.1) is 0 Å². The molecule has 120 valence electrons. The van der Waals surface area contributed by atoms with E-state index in [1.165, 1.54) is 12.4 Å². The molecular weight excluding hydrogens is 349 g/mol. The molecule has 2 N–H and O–H groups in total. The second-order valence-electron chi connectivity index (χ2n) is 4.92. The van der Waals surface area contributed by atoms with Crippen molar-refractivity contribution in [1.82, 2.24) is 9.97 Å². The van der Waals surface area contributed by atoms with Crippen LogP contribution in [0.25, 0.3) is 11.1 Å². The Morgan fingerprint density at radius 3 is 2.25 bits per heavy atom. The van der Waals surface area contributed by atoms with Crippen molar-refractivity contribution in [2.24, 2.45) is 0 Å². The summed E-state index contributed by atoms with van der Waals surface area (Å²) >= 11 is 12.7. The molecule has 0 saturated heterocycles. The van der Waals surface area contributed by atoms with E-state index in [4.69, 9.17) is 23.2 Å². The van der Waals surface area contributed by atoms with Crippen molar-refractivity contribution in [3.63, 3.8) is 0 Å². The Kier molecular flexibility index (Phi) is 4.64. The third-order valence-corrected chi connectivity index (χ3v) is 3.95. The fourth-order valence-electron chi connectivity index (χ4n) is 2.22. The summed E-state index contributed by atoms with van der Waals surface area (Å²) in [6.45, 7) is 0. The number of hydrogen-bond donors (Lipinski definition) is 2. The van der Waals surface area contributed by atoms with Gasteiger partial charge in [0.15, 0.2) is 0 Å². The van der Waals surface area contributed by atoms with E-state index >= 15 is 0 Å². The second-order valence-corrected chi connectivity index (χ2v) is 5.73. The van der Waals surface area contributed by atoms with Gasteiger partial charge in [0, 0.05) is 18.0 Å². The number of carboxylic acid groups (broad SMARTS) is 1. The molecule has 24 heavy (non-hydrogen) atoms. The molecule has 0 aliphatic rings. The van der Waals surface area contributed by atoms with Crippen LogP contribution in [0.5, 0.6) is 0 Å². The lowest BCUT2D eigenvalue weighted by Gasteiger charge is -2.14. The molecule has 7 heteroatoms. The third kappa shape index (κ3) is 3.32. The predicted octanol–water partition coefficient (Wildman–Crippen LogP) is 4.89. The van der Waals surface area contributed by atoms with Crippen LogP contribution in [0, 0.1) is 0 Å². The quantitative estimate of drug-likeness (QED) is 0.693. The largest absolute Gasteiger partial charge is 0.478 e. The molecular formula is C17H11Cl2N3O2. The first kappa shape index (κ1) is 16.2. The summed E-state index contributed by atoms with van der Waals surface area (Å²) in [4.78, 5) is 19.2. The number of nitrogens with zero attached hydrogens (tertiary/aromatic N) is 2. The first-order valence-electron chi connectivity index (χ1n) is 6.90. The Balaban J connectivity index is 2.00. The van der Waals surface area contributed by atoms with E-state index in [-0.39, 0.29) is 5.56 Å². The number of rotatable bonds is 4. The molecule has 0 saturated carbocycles. The van der Waals surface area contributed by atoms with Crippen LogP contribution in [-0.4, -0.2) is 21.0 Å². The van der Waals surface area contributed by atoms with Gasteiger partial charge in [-0.2, -0.15) is 0 Å². The number of aromatic carboxylic acids is 1. The topological polar surface area (TPSA) is 75.1 Å². The van der Waals surface area contributed by atoms with Crippen LogP contribution in [0.15, 0.2) is 55.1 Å². The van der Waals surface area contributed by atoms with Gasteiger partial charge >= 0.3 is 5.97 Å². The average Bonchev–Trinajstić information content (AvgIpc) is 2.59. The minimum absolute atomic E-state index is 0.130. The summed E-state index contributed by atoms with van der Waals surface area (Å²) in [6.07, 6.45) is 4.75. The van der Waals surface area contributed by atoms with Crippen LogP contribution in [0.4, 0.5) is 11.4 Å². The highest BCUT2D eigenvalue weighted by molar-refractivity contribution is 6.39. The smallest absolute Gasteiger partial charge is 0.337 e. The Morgan fingerprint density at radius 2 is 1.62 bits per heavy atom. The van der Waals surface area contributed by atoms with Crippen molar-refractivity contribution >= 4 is 40.5 Å². The summed E-state index contributed by atoms with van der Waals surface area (Å²) in [5, 5.41) is 13.0. The maximum Gasteiger partial charge on any atom is 0.337 e. The molecule has 0 amide bonds. The van der Waals surface area contributed by atoms with Crippen LogP contribution < -0.4 is 5.32 Å². The fraction of sp³-hybridized carbons (Fsp3) is 0. The zero-order valence-electron chi connectivity index (χ0n) is 12.2. The Labute approximate surface area is 147 Å². The highest BCUT2D eigenvalue weighted by Gasteiger charge is 2.14. The standard InChI is InChI=1S/C17H11Cl2N3O2/c18-13-5-10(11-7-20-9-21-8-11)6-14(19)16(13)22-15-4-2-1-3-12(15)17(23)24/h1-9,22H,(H,23,24). The molecule has 0 atom stereocenters. The molecule has 2 aromatic carbocycles. The van der Waals surface area contributed by atoms with Gasteiger partial charge in [-0.25, -0.2) is 14.8 Å². The second kappa shape index (κ2) is 6.86. The number of carboxylic acids is 1. The number of benzene rings is 2. The molecule has 0 unspecified atom stereocenters. The van der Waals surface area contributed by atoms with Crippen molar-refractivity contribution < 1.29 is 9.90 Å². The highest BCUT2D eigenvalue weighted by Crippen LogP contribution is 2.37. The van der Waals surface area contributed by atoms with Crippen molar-refractivity contribution in [3.05, 3.63) is 70.7 Å². The van der Waals surface area contributed by atoms with E-state index in [2.05, 4.69) is 15.3 Å². The van der Waals surface area contributed by atoms with E-state index in [1.807, 2.05) is 0 Å². The summed E-state index contributed by atoms with van der Waals surface area (Å²) in [6, 6.07) is 9.97. The molecule has 0 fully saturated rings. The monoisotopic (exact) mass is 359 g/mol. The van der Waals surface area contributed by atoms with Gasteiger partial charge in [0.05, 0.1) is 27.0 Å². The van der Waals surface area contributed by atoms with Gasteiger partial charge in [-0.1, -0.05) is 35.3 Å². The minimum Gasteiger partial charge on any atom is -0.478 e. The van der Waals surface area contributed by atoms with Crippen molar-refractivity contribution in [2.75, 3.05) is 5.32 Å². The van der Waals surface area contributed by atoms with E-state index < -0.39 is 5.97 Å². The summed E-state index contributed by atoms with van der Waals surface area (Å²) < 4.78 is 0. The average molecular weight is 360 g/mol. The minimum atomic E-state index is -1.04. The molecule has 0 radical (unpaired) electrons. The van der Waals surface area contributed by atoms with Crippen molar-refractivity contribution in [3.8, 4) is 11.1 Å². The molecule has 0 aliphatic heterocycles. The number of nitrogens with one attached hydrogen (secondary N) is 1. The fourth-order valence-corrected chi connectivity index (χ4v) is 2.80. The Bertz CT molecular complexity index is 878. The molecule has 1 aromatic heterocycles. The van der Waals surface area contributed by atoms with E-state index in [0.29, 0.717) is 21.4 Å². The molecule has 3 rings (SSSR count). The summed E-state index contributed by atoms with van der Waals surface area (Å²) in [5.74, 6) is -1.04. The highest BCUT2D eigenvalue weighted by atomic mass is 35.5. The van der Waals surface area contributed by atoms with Crippen molar-refractivity contribution in [1.29, 1.82) is 0 Å². The SMILES string of the molecule is O=C(O)c1ccccc1Nc1c(Cl)cc(-c2cncnc2)cc1Cl. The summed E-state index contributed by atoms with van der Waals surface area (Å²) in [7, 11) is 0. The van der Waals surface area contributed by atoms with Gasteiger partial charge in [0.1, 0.15) is 6.33 Å². The Hall–Kier alpha value is -2.63. The van der Waals surface area contributed by atoms with E-state index in [9.17, 15) is 9.90 Å². The number of aromatic nitrogens is 2. The lowest BCUT2D eigenvalue weighted by molar-refractivity contribution is 0.0698. The van der Waals surface area contributed by atoms with E-state index in [1.54, 1.807) is 42.7 Å².